The molecule has 1 aromatic heterocycles. The Kier molecular flexibility index (Phi) is 5.05. The maximum atomic E-state index is 12.2. The Morgan fingerprint density at radius 3 is 2.43 bits per heavy atom. The third kappa shape index (κ3) is 4.13. The molecule has 21 heavy (non-hydrogen) atoms. The topological polar surface area (TPSA) is 50.8 Å². The first-order chi connectivity index (χ1) is 10.1. The lowest BCUT2D eigenvalue weighted by Crippen LogP contribution is -2.30. The van der Waals surface area contributed by atoms with E-state index in [4.69, 9.17) is 9.47 Å². The number of ether oxygens (including phenoxy) is 2. The summed E-state index contributed by atoms with van der Waals surface area (Å²) >= 11 is 1.62. The van der Waals surface area contributed by atoms with Gasteiger partial charge in [-0.3, -0.25) is 0 Å². The molecule has 6 heteroatoms. The second-order valence-corrected chi connectivity index (χ2v) is 5.30. The summed E-state index contributed by atoms with van der Waals surface area (Å²) < 4.78 is 10.4. The minimum absolute atomic E-state index is 0.184. The van der Waals surface area contributed by atoms with E-state index in [1.54, 1.807) is 55.7 Å². The molecule has 1 aromatic carbocycles. The fraction of sp³-hybridized carbons (Fsp3) is 0.267. The molecular weight excluding hydrogens is 288 g/mol. The van der Waals surface area contributed by atoms with Crippen molar-refractivity contribution in [2.24, 2.45) is 0 Å². The van der Waals surface area contributed by atoms with Crippen molar-refractivity contribution in [3.63, 3.8) is 0 Å². The summed E-state index contributed by atoms with van der Waals surface area (Å²) in [7, 11) is 4.90. The number of benzene rings is 1. The van der Waals surface area contributed by atoms with E-state index in [1.807, 2.05) is 16.8 Å². The number of rotatable bonds is 5. The first kappa shape index (κ1) is 15.2. The Labute approximate surface area is 128 Å². The van der Waals surface area contributed by atoms with Gasteiger partial charge >= 0.3 is 6.03 Å². The van der Waals surface area contributed by atoms with Crippen molar-refractivity contribution in [1.82, 2.24) is 4.90 Å². The second-order valence-electron chi connectivity index (χ2n) is 4.52. The highest BCUT2D eigenvalue weighted by Gasteiger charge is 2.11. The van der Waals surface area contributed by atoms with E-state index in [2.05, 4.69) is 5.32 Å². The monoisotopic (exact) mass is 306 g/mol. The van der Waals surface area contributed by atoms with Crippen LogP contribution in [0.5, 0.6) is 11.5 Å². The van der Waals surface area contributed by atoms with Crippen LogP contribution in [0.1, 0.15) is 5.56 Å². The first-order valence-corrected chi connectivity index (χ1v) is 7.33. The van der Waals surface area contributed by atoms with Crippen LogP contribution in [0.25, 0.3) is 0 Å². The molecular formula is C15H18N2O3S. The van der Waals surface area contributed by atoms with Crippen LogP contribution in [0.4, 0.5) is 10.5 Å². The van der Waals surface area contributed by atoms with Crippen LogP contribution in [-0.4, -0.2) is 32.2 Å². The van der Waals surface area contributed by atoms with Crippen LogP contribution < -0.4 is 14.8 Å². The highest BCUT2D eigenvalue weighted by Crippen LogP contribution is 2.26. The molecule has 0 aliphatic rings. The number of carbonyl (C=O) groups is 1. The van der Waals surface area contributed by atoms with Crippen molar-refractivity contribution < 1.29 is 14.3 Å². The number of hydrogen-bond acceptors (Lipinski definition) is 4. The Morgan fingerprint density at radius 1 is 1.24 bits per heavy atom. The van der Waals surface area contributed by atoms with Crippen LogP contribution in [0, 0.1) is 0 Å². The Morgan fingerprint density at radius 2 is 1.90 bits per heavy atom. The second kappa shape index (κ2) is 6.99. The zero-order chi connectivity index (χ0) is 15.2. The summed E-state index contributed by atoms with van der Waals surface area (Å²) in [4.78, 5) is 13.8. The summed E-state index contributed by atoms with van der Waals surface area (Å²) in [5.74, 6) is 1.26. The lowest BCUT2D eigenvalue weighted by atomic mass is 10.2. The minimum Gasteiger partial charge on any atom is -0.497 e. The number of nitrogens with zero attached hydrogens (tertiary/aromatic N) is 1. The van der Waals surface area contributed by atoms with Gasteiger partial charge in [-0.25, -0.2) is 4.79 Å². The van der Waals surface area contributed by atoms with Crippen molar-refractivity contribution in [3.05, 3.63) is 40.6 Å². The molecule has 0 radical (unpaired) electrons. The quantitative estimate of drug-likeness (QED) is 0.920. The number of anilines is 1. The Hall–Kier alpha value is -2.21. The van der Waals surface area contributed by atoms with E-state index >= 15 is 0 Å². The average molecular weight is 306 g/mol. The van der Waals surface area contributed by atoms with Crippen LogP contribution in [-0.2, 0) is 6.54 Å². The van der Waals surface area contributed by atoms with E-state index in [-0.39, 0.29) is 6.03 Å². The number of hydrogen-bond donors (Lipinski definition) is 1. The molecule has 0 bridgehead atoms. The van der Waals surface area contributed by atoms with Gasteiger partial charge in [0.15, 0.2) is 0 Å². The first-order valence-electron chi connectivity index (χ1n) is 6.38. The van der Waals surface area contributed by atoms with E-state index < -0.39 is 0 Å². The fourth-order valence-electron chi connectivity index (χ4n) is 1.83. The number of methoxy groups -OCH3 is 2. The lowest BCUT2D eigenvalue weighted by molar-refractivity contribution is 0.220. The maximum absolute atomic E-state index is 12.2. The van der Waals surface area contributed by atoms with E-state index in [9.17, 15) is 4.79 Å². The van der Waals surface area contributed by atoms with Crippen molar-refractivity contribution in [2.45, 2.75) is 6.54 Å². The van der Waals surface area contributed by atoms with Crippen LogP contribution in [0.3, 0.4) is 0 Å². The van der Waals surface area contributed by atoms with Gasteiger partial charge in [-0.05, 0) is 22.4 Å². The zero-order valence-electron chi connectivity index (χ0n) is 12.3. The van der Waals surface area contributed by atoms with Gasteiger partial charge in [0.05, 0.1) is 14.2 Å². The van der Waals surface area contributed by atoms with E-state index in [0.29, 0.717) is 23.7 Å². The molecule has 0 saturated heterocycles. The van der Waals surface area contributed by atoms with E-state index in [1.165, 1.54) is 0 Å². The molecule has 0 saturated carbocycles. The summed E-state index contributed by atoms with van der Waals surface area (Å²) in [6.07, 6.45) is 0. The summed E-state index contributed by atoms with van der Waals surface area (Å²) in [5.41, 5.74) is 1.74. The number of carbonyl (C=O) groups excluding carboxylic acids is 1. The van der Waals surface area contributed by atoms with Gasteiger partial charge in [0.25, 0.3) is 0 Å². The maximum Gasteiger partial charge on any atom is 0.321 e. The predicted molar refractivity (Wildman–Crippen MR) is 84.4 cm³/mol. The number of amides is 2. The van der Waals surface area contributed by atoms with Gasteiger partial charge in [0.2, 0.25) is 0 Å². The predicted octanol–water partition coefficient (Wildman–Crippen LogP) is 3.43. The average Bonchev–Trinajstić information content (AvgIpc) is 2.99. The Balaban J connectivity index is 2.04. The third-order valence-corrected chi connectivity index (χ3v) is 3.68. The number of nitrogens with one attached hydrogen (secondary N) is 1. The highest BCUT2D eigenvalue weighted by atomic mass is 32.1. The SMILES string of the molecule is COc1cc(NC(=O)N(C)Cc2ccsc2)cc(OC)c1. The largest absolute Gasteiger partial charge is 0.497 e. The van der Waals surface area contributed by atoms with Gasteiger partial charge in [0, 0.05) is 37.5 Å². The smallest absolute Gasteiger partial charge is 0.321 e. The zero-order valence-corrected chi connectivity index (χ0v) is 13.1. The van der Waals surface area contributed by atoms with Gasteiger partial charge in [-0.1, -0.05) is 0 Å². The highest BCUT2D eigenvalue weighted by molar-refractivity contribution is 7.07. The fourth-order valence-corrected chi connectivity index (χ4v) is 2.49. The molecule has 2 amide bonds. The molecule has 0 aliphatic carbocycles. The molecule has 1 heterocycles. The van der Waals surface area contributed by atoms with Crippen molar-refractivity contribution in [1.29, 1.82) is 0 Å². The Bertz CT molecular complexity index is 577. The number of urea groups is 1. The molecule has 5 nitrogen and oxygen atoms in total. The summed E-state index contributed by atoms with van der Waals surface area (Å²) in [6, 6.07) is 7.07. The van der Waals surface area contributed by atoms with E-state index in [0.717, 1.165) is 5.56 Å². The van der Waals surface area contributed by atoms with Crippen LogP contribution >= 0.6 is 11.3 Å². The normalized spacial score (nSPS) is 10.0. The van der Waals surface area contributed by atoms with Crippen molar-refractivity contribution in [3.8, 4) is 11.5 Å². The molecule has 0 aliphatic heterocycles. The van der Waals surface area contributed by atoms with Crippen LogP contribution in [0.2, 0.25) is 0 Å². The molecule has 2 aromatic rings. The molecule has 2 rings (SSSR count). The lowest BCUT2D eigenvalue weighted by Gasteiger charge is -2.18. The third-order valence-electron chi connectivity index (χ3n) is 2.95. The van der Waals surface area contributed by atoms with Gasteiger partial charge in [-0.2, -0.15) is 11.3 Å². The van der Waals surface area contributed by atoms with Gasteiger partial charge in [0.1, 0.15) is 11.5 Å². The molecule has 1 N–H and O–H groups in total. The molecule has 112 valence electrons. The van der Waals surface area contributed by atoms with Crippen molar-refractivity contribution >= 4 is 23.1 Å². The molecule has 0 atom stereocenters. The van der Waals surface area contributed by atoms with Gasteiger partial charge < -0.3 is 19.7 Å². The summed E-state index contributed by atoms with van der Waals surface area (Å²) in [6.45, 7) is 0.566. The minimum atomic E-state index is -0.184. The van der Waals surface area contributed by atoms with Crippen LogP contribution in [0.15, 0.2) is 35.0 Å². The summed E-state index contributed by atoms with van der Waals surface area (Å²) in [5, 5.41) is 6.85. The standard InChI is InChI=1S/C15H18N2O3S/c1-17(9-11-4-5-21-10-11)15(18)16-12-6-13(19-2)8-14(7-12)20-3/h4-8,10H,9H2,1-3H3,(H,16,18). The van der Waals surface area contributed by atoms with Crippen molar-refractivity contribution in [2.75, 3.05) is 26.6 Å². The van der Waals surface area contributed by atoms with Gasteiger partial charge in [-0.15, -0.1) is 0 Å². The molecule has 0 fully saturated rings. The number of thiophene rings is 1. The molecule has 0 spiro atoms. The molecule has 0 unspecified atom stereocenters.